The van der Waals surface area contributed by atoms with E-state index in [9.17, 15) is 22.8 Å². The number of H-pyrrole nitrogens is 1. The molecule has 200 valence electrons. The second kappa shape index (κ2) is 9.28. The van der Waals surface area contributed by atoms with Crippen molar-refractivity contribution in [1.82, 2.24) is 20.1 Å². The summed E-state index contributed by atoms with van der Waals surface area (Å²) in [6.45, 7) is 0.0369. The smallest absolute Gasteiger partial charge is 0.391 e. The van der Waals surface area contributed by atoms with E-state index in [-0.39, 0.29) is 25.1 Å². The van der Waals surface area contributed by atoms with Crippen LogP contribution in [-0.4, -0.2) is 63.3 Å². The van der Waals surface area contributed by atoms with Crippen molar-refractivity contribution in [3.05, 3.63) is 48.3 Å². The molecule has 2 amide bonds. The first-order valence-electron chi connectivity index (χ1n) is 13.0. The van der Waals surface area contributed by atoms with Gasteiger partial charge >= 0.3 is 6.18 Å². The van der Waals surface area contributed by atoms with Crippen molar-refractivity contribution < 1.29 is 27.5 Å². The number of alkyl halides is 3. The minimum Gasteiger partial charge on any atom is -0.489 e. The Hall–Kier alpha value is -3.63. The predicted octanol–water partition coefficient (Wildman–Crippen LogP) is 4.51. The Bertz CT molecular complexity index is 1370. The number of likely N-dealkylation sites (tertiary alicyclic amines) is 1. The fourth-order valence-corrected chi connectivity index (χ4v) is 6.38. The molecule has 2 fully saturated rings. The van der Waals surface area contributed by atoms with Gasteiger partial charge in [0.25, 0.3) is 0 Å². The molecule has 1 aliphatic carbocycles. The molecule has 1 saturated heterocycles. The van der Waals surface area contributed by atoms with Gasteiger partial charge in [0.1, 0.15) is 12.3 Å². The van der Waals surface area contributed by atoms with Gasteiger partial charge < -0.3 is 14.5 Å². The maximum Gasteiger partial charge on any atom is 0.391 e. The topological polar surface area (TPSA) is 91.4 Å². The quantitative estimate of drug-likeness (QED) is 0.527. The van der Waals surface area contributed by atoms with Crippen LogP contribution in [0.15, 0.2) is 42.7 Å². The lowest BCUT2D eigenvalue weighted by Gasteiger charge is -2.36. The molecule has 2 aromatic heterocycles. The number of halogens is 3. The largest absolute Gasteiger partial charge is 0.489 e. The number of pyridine rings is 1. The molecule has 3 aromatic rings. The van der Waals surface area contributed by atoms with E-state index in [0.717, 1.165) is 10.9 Å². The van der Waals surface area contributed by atoms with Crippen LogP contribution < -0.4 is 9.64 Å². The standard InChI is InChI=1S/C27H28F3N5O3/c28-27(29,30)13-18-4-3-11-34(18)23(36)16-35-22-6-2-1-5-21(22)26(25(35)37)9-7-19(8-10-26)38-20-12-17-14-32-33-24(17)31-15-20/h1-2,5-6,12,14-15,18-19H,3-4,7-11,13,16H2,(H,31,32,33). The van der Waals surface area contributed by atoms with Crippen LogP contribution in [0.25, 0.3) is 11.0 Å². The maximum atomic E-state index is 13.9. The molecule has 1 unspecified atom stereocenters. The number of aromatic amines is 1. The first-order valence-corrected chi connectivity index (χ1v) is 13.0. The predicted molar refractivity (Wildman–Crippen MR) is 133 cm³/mol. The molecule has 38 heavy (non-hydrogen) atoms. The average molecular weight is 528 g/mol. The highest BCUT2D eigenvalue weighted by atomic mass is 19.4. The van der Waals surface area contributed by atoms with Crippen molar-refractivity contribution in [3.8, 4) is 5.75 Å². The van der Waals surface area contributed by atoms with Gasteiger partial charge in [0, 0.05) is 23.7 Å². The summed E-state index contributed by atoms with van der Waals surface area (Å²) in [5.41, 5.74) is 1.47. The summed E-state index contributed by atoms with van der Waals surface area (Å²) in [4.78, 5) is 34.2. The van der Waals surface area contributed by atoms with Crippen LogP contribution in [0.1, 0.15) is 50.5 Å². The summed E-state index contributed by atoms with van der Waals surface area (Å²) in [6, 6.07) is 8.46. The van der Waals surface area contributed by atoms with Gasteiger partial charge in [-0.15, -0.1) is 0 Å². The Labute approximate surface area is 217 Å². The maximum absolute atomic E-state index is 13.9. The number of nitrogens with one attached hydrogen (secondary N) is 1. The number of aromatic nitrogens is 3. The number of ether oxygens (including phenoxy) is 1. The Balaban J connectivity index is 1.17. The Morgan fingerprint density at radius 2 is 1.95 bits per heavy atom. The lowest BCUT2D eigenvalue weighted by molar-refractivity contribution is -0.151. The number of fused-ring (bicyclic) bond motifs is 3. The molecule has 0 bridgehead atoms. The first-order chi connectivity index (χ1) is 18.2. The van der Waals surface area contributed by atoms with Crippen molar-refractivity contribution in [2.45, 2.75) is 68.7 Å². The van der Waals surface area contributed by atoms with Gasteiger partial charge in [-0.05, 0) is 56.2 Å². The summed E-state index contributed by atoms with van der Waals surface area (Å²) in [7, 11) is 0. The van der Waals surface area contributed by atoms with Crippen molar-refractivity contribution in [2.24, 2.45) is 0 Å². The van der Waals surface area contributed by atoms with E-state index in [4.69, 9.17) is 4.74 Å². The van der Waals surface area contributed by atoms with Crippen LogP contribution in [0.3, 0.4) is 0 Å². The number of carbonyl (C=O) groups is 2. The molecule has 4 heterocycles. The second-order valence-electron chi connectivity index (χ2n) is 10.5. The summed E-state index contributed by atoms with van der Waals surface area (Å²) >= 11 is 0. The lowest BCUT2D eigenvalue weighted by atomic mass is 9.69. The summed E-state index contributed by atoms with van der Waals surface area (Å²) in [5.74, 6) is 0.0545. The molecule has 1 atom stereocenters. The monoisotopic (exact) mass is 527 g/mol. The van der Waals surface area contributed by atoms with Crippen LogP contribution in [0.5, 0.6) is 5.75 Å². The van der Waals surface area contributed by atoms with Crippen LogP contribution in [-0.2, 0) is 15.0 Å². The van der Waals surface area contributed by atoms with Crippen LogP contribution in [0, 0.1) is 0 Å². The summed E-state index contributed by atoms with van der Waals surface area (Å²) < 4.78 is 45.3. The number of hydrogen-bond donors (Lipinski definition) is 1. The Kier molecular flexibility index (Phi) is 6.03. The highest BCUT2D eigenvalue weighted by Gasteiger charge is 2.53. The second-order valence-corrected chi connectivity index (χ2v) is 10.5. The van der Waals surface area contributed by atoms with Gasteiger partial charge in [-0.3, -0.25) is 14.7 Å². The number of rotatable bonds is 5. The van der Waals surface area contributed by atoms with Crippen molar-refractivity contribution in [2.75, 3.05) is 18.0 Å². The van der Waals surface area contributed by atoms with Gasteiger partial charge in [-0.25, -0.2) is 4.98 Å². The third kappa shape index (κ3) is 4.37. The van der Waals surface area contributed by atoms with Gasteiger partial charge in [-0.2, -0.15) is 18.3 Å². The third-order valence-electron chi connectivity index (χ3n) is 8.18. The number of benzene rings is 1. The minimum absolute atomic E-state index is 0.0878. The van der Waals surface area contributed by atoms with Gasteiger partial charge in [0.2, 0.25) is 11.8 Å². The molecule has 1 spiro atoms. The molecule has 1 N–H and O–H groups in total. The van der Waals surface area contributed by atoms with Gasteiger partial charge in [0.15, 0.2) is 5.65 Å². The molecule has 2 aliphatic heterocycles. The van der Waals surface area contributed by atoms with Crippen molar-refractivity contribution >= 4 is 28.5 Å². The fraction of sp³-hybridized carbons (Fsp3) is 0.481. The zero-order valence-electron chi connectivity index (χ0n) is 20.7. The zero-order chi connectivity index (χ0) is 26.5. The van der Waals surface area contributed by atoms with Crippen LogP contribution >= 0.6 is 0 Å². The van der Waals surface area contributed by atoms with Crippen LogP contribution in [0.4, 0.5) is 18.9 Å². The highest BCUT2D eigenvalue weighted by molar-refractivity contribution is 6.10. The molecule has 1 aromatic carbocycles. The fourth-order valence-electron chi connectivity index (χ4n) is 6.38. The van der Waals surface area contributed by atoms with Gasteiger partial charge in [0.05, 0.1) is 30.3 Å². The van der Waals surface area contributed by atoms with E-state index < -0.39 is 30.0 Å². The normalized spacial score (nSPS) is 25.4. The lowest BCUT2D eigenvalue weighted by Crippen LogP contribution is -2.49. The minimum atomic E-state index is -4.34. The van der Waals surface area contributed by atoms with E-state index in [2.05, 4.69) is 15.2 Å². The summed E-state index contributed by atoms with van der Waals surface area (Å²) in [5, 5.41) is 7.64. The molecular formula is C27H28F3N5O3. The van der Waals surface area contributed by atoms with Gasteiger partial charge in [-0.1, -0.05) is 18.2 Å². The molecule has 0 radical (unpaired) electrons. The Morgan fingerprint density at radius 3 is 2.74 bits per heavy atom. The van der Waals surface area contributed by atoms with E-state index in [1.54, 1.807) is 12.4 Å². The number of anilines is 1. The number of carbonyl (C=O) groups excluding carboxylic acids is 2. The zero-order valence-corrected chi connectivity index (χ0v) is 20.7. The number of hydrogen-bond acceptors (Lipinski definition) is 5. The molecule has 1 saturated carbocycles. The number of nitrogens with zero attached hydrogens (tertiary/aromatic N) is 4. The highest BCUT2D eigenvalue weighted by Crippen LogP contribution is 2.50. The molecule has 8 nitrogen and oxygen atoms in total. The van der Waals surface area contributed by atoms with Crippen molar-refractivity contribution in [1.29, 1.82) is 0 Å². The van der Waals surface area contributed by atoms with E-state index in [1.165, 1.54) is 9.80 Å². The molecule has 6 rings (SSSR count). The van der Waals surface area contributed by atoms with E-state index >= 15 is 0 Å². The number of amides is 2. The third-order valence-corrected chi connectivity index (χ3v) is 8.18. The van der Waals surface area contributed by atoms with E-state index in [1.807, 2.05) is 30.3 Å². The van der Waals surface area contributed by atoms with Crippen molar-refractivity contribution in [3.63, 3.8) is 0 Å². The molecule has 3 aliphatic rings. The average Bonchev–Trinajstić information content (AvgIpc) is 3.59. The number of para-hydroxylation sites is 1. The summed E-state index contributed by atoms with van der Waals surface area (Å²) in [6.07, 6.45) is 1.15. The van der Waals surface area contributed by atoms with E-state index in [0.29, 0.717) is 55.6 Å². The Morgan fingerprint density at radius 1 is 1.16 bits per heavy atom. The SMILES string of the molecule is O=C(CN1C(=O)C2(CCC(Oc3cnc4[nH]ncc4c3)CC2)c2ccccc21)N1CCCC1CC(F)(F)F. The van der Waals surface area contributed by atoms with Crippen LogP contribution in [0.2, 0.25) is 0 Å². The molecule has 11 heteroatoms. The first kappa shape index (κ1) is 24.7. The molecular weight excluding hydrogens is 499 g/mol.